The van der Waals surface area contributed by atoms with E-state index in [0.717, 1.165) is 16.6 Å². The third-order valence-corrected chi connectivity index (χ3v) is 3.46. The molecule has 1 amide bonds. The van der Waals surface area contributed by atoms with Crippen molar-refractivity contribution < 1.29 is 9.53 Å². The lowest BCUT2D eigenvalue weighted by atomic mass is 10.2. The van der Waals surface area contributed by atoms with Crippen LogP contribution in [-0.2, 0) is 0 Å². The molecule has 1 aliphatic rings. The summed E-state index contributed by atoms with van der Waals surface area (Å²) in [6.45, 7) is 2.13. The number of nitrogens with one attached hydrogen (secondary N) is 1. The van der Waals surface area contributed by atoms with Crippen molar-refractivity contribution in [2.75, 3.05) is 7.11 Å². The molecule has 0 heterocycles. The molecular weight excluding hydrogens is 270 g/mol. The Hall–Kier alpha value is -1.03. The highest BCUT2D eigenvalue weighted by molar-refractivity contribution is 9.10. The summed E-state index contributed by atoms with van der Waals surface area (Å²) in [6, 6.07) is 5.69. The standard InChI is InChI=1S/C12H14BrNO2/c1-7-5-10(7)14-12(15)8-3-4-11(16-2)9(13)6-8/h3-4,6-7,10H,5H2,1-2H3,(H,14,15). The van der Waals surface area contributed by atoms with Gasteiger partial charge in [0.25, 0.3) is 5.91 Å². The van der Waals surface area contributed by atoms with E-state index in [0.29, 0.717) is 17.5 Å². The monoisotopic (exact) mass is 283 g/mol. The molecule has 1 N–H and O–H groups in total. The Balaban J connectivity index is 2.08. The summed E-state index contributed by atoms with van der Waals surface area (Å²) in [7, 11) is 1.60. The molecule has 0 aromatic heterocycles. The van der Waals surface area contributed by atoms with Crippen LogP contribution in [0.2, 0.25) is 0 Å². The van der Waals surface area contributed by atoms with Crippen molar-refractivity contribution in [1.29, 1.82) is 0 Å². The van der Waals surface area contributed by atoms with Crippen molar-refractivity contribution in [1.82, 2.24) is 5.32 Å². The highest BCUT2D eigenvalue weighted by atomic mass is 79.9. The third-order valence-electron chi connectivity index (χ3n) is 2.84. The van der Waals surface area contributed by atoms with Gasteiger partial charge in [0.2, 0.25) is 0 Å². The minimum Gasteiger partial charge on any atom is -0.496 e. The number of halogens is 1. The van der Waals surface area contributed by atoms with E-state index in [-0.39, 0.29) is 5.91 Å². The van der Waals surface area contributed by atoms with Crippen LogP contribution in [0.15, 0.2) is 22.7 Å². The largest absolute Gasteiger partial charge is 0.496 e. The minimum atomic E-state index is -0.0160. The number of hydrogen-bond acceptors (Lipinski definition) is 2. The van der Waals surface area contributed by atoms with E-state index in [1.807, 2.05) is 0 Å². The topological polar surface area (TPSA) is 38.3 Å². The first-order valence-corrected chi connectivity index (χ1v) is 6.05. The van der Waals surface area contributed by atoms with Gasteiger partial charge in [-0.05, 0) is 46.5 Å². The Morgan fingerprint density at radius 3 is 2.75 bits per heavy atom. The highest BCUT2D eigenvalue weighted by Gasteiger charge is 2.33. The molecule has 1 aliphatic carbocycles. The first-order valence-electron chi connectivity index (χ1n) is 5.26. The van der Waals surface area contributed by atoms with Gasteiger partial charge in [-0.3, -0.25) is 4.79 Å². The zero-order chi connectivity index (χ0) is 11.7. The smallest absolute Gasteiger partial charge is 0.251 e. The maximum atomic E-state index is 11.8. The molecule has 86 valence electrons. The van der Waals surface area contributed by atoms with Crippen LogP contribution in [0.25, 0.3) is 0 Å². The van der Waals surface area contributed by atoms with Gasteiger partial charge in [0.15, 0.2) is 0 Å². The van der Waals surface area contributed by atoms with Gasteiger partial charge in [-0.2, -0.15) is 0 Å². The van der Waals surface area contributed by atoms with Crippen molar-refractivity contribution in [3.05, 3.63) is 28.2 Å². The number of amides is 1. The van der Waals surface area contributed by atoms with Crippen molar-refractivity contribution >= 4 is 21.8 Å². The van der Waals surface area contributed by atoms with Gasteiger partial charge in [-0.1, -0.05) is 6.92 Å². The van der Waals surface area contributed by atoms with Crippen molar-refractivity contribution in [3.8, 4) is 5.75 Å². The van der Waals surface area contributed by atoms with Crippen LogP contribution in [0.4, 0.5) is 0 Å². The van der Waals surface area contributed by atoms with Crippen LogP contribution in [0.5, 0.6) is 5.75 Å². The van der Waals surface area contributed by atoms with Gasteiger partial charge in [0.05, 0.1) is 11.6 Å². The second kappa shape index (κ2) is 4.45. The molecular formula is C12H14BrNO2. The SMILES string of the molecule is COc1ccc(C(=O)NC2CC2C)cc1Br. The predicted molar refractivity (Wildman–Crippen MR) is 65.7 cm³/mol. The molecule has 0 radical (unpaired) electrons. The lowest BCUT2D eigenvalue weighted by molar-refractivity contribution is 0.0949. The van der Waals surface area contributed by atoms with Crippen molar-refractivity contribution in [3.63, 3.8) is 0 Å². The van der Waals surface area contributed by atoms with E-state index in [2.05, 4.69) is 28.2 Å². The van der Waals surface area contributed by atoms with Gasteiger partial charge in [-0.25, -0.2) is 0 Å². The zero-order valence-electron chi connectivity index (χ0n) is 9.29. The number of methoxy groups -OCH3 is 1. The minimum absolute atomic E-state index is 0.0160. The molecule has 0 bridgehead atoms. The van der Waals surface area contributed by atoms with Crippen LogP contribution >= 0.6 is 15.9 Å². The van der Waals surface area contributed by atoms with Gasteiger partial charge < -0.3 is 10.1 Å². The molecule has 16 heavy (non-hydrogen) atoms. The maximum absolute atomic E-state index is 11.8. The van der Waals surface area contributed by atoms with E-state index >= 15 is 0 Å². The first-order chi connectivity index (χ1) is 7.61. The number of carbonyl (C=O) groups excluding carboxylic acids is 1. The summed E-state index contributed by atoms with van der Waals surface area (Å²) < 4.78 is 5.91. The Bertz CT molecular complexity index is 419. The van der Waals surface area contributed by atoms with Crippen LogP contribution in [0, 0.1) is 5.92 Å². The summed E-state index contributed by atoms with van der Waals surface area (Å²) in [5.41, 5.74) is 0.659. The number of rotatable bonds is 3. The Kier molecular flexibility index (Phi) is 3.19. The van der Waals surface area contributed by atoms with Crippen molar-refractivity contribution in [2.45, 2.75) is 19.4 Å². The van der Waals surface area contributed by atoms with Gasteiger partial charge in [0.1, 0.15) is 5.75 Å². The summed E-state index contributed by atoms with van der Waals surface area (Å²) in [5, 5.41) is 2.98. The van der Waals surface area contributed by atoms with E-state index in [9.17, 15) is 4.79 Å². The van der Waals surface area contributed by atoms with E-state index in [1.54, 1.807) is 25.3 Å². The third kappa shape index (κ3) is 2.38. The second-order valence-electron chi connectivity index (χ2n) is 4.14. The molecule has 1 aromatic rings. The maximum Gasteiger partial charge on any atom is 0.251 e. The highest BCUT2D eigenvalue weighted by Crippen LogP contribution is 2.30. The van der Waals surface area contributed by atoms with Crippen LogP contribution < -0.4 is 10.1 Å². The van der Waals surface area contributed by atoms with Crippen molar-refractivity contribution in [2.24, 2.45) is 5.92 Å². The normalized spacial score (nSPS) is 22.7. The van der Waals surface area contributed by atoms with E-state index in [4.69, 9.17) is 4.74 Å². The number of hydrogen-bond donors (Lipinski definition) is 1. The lowest BCUT2D eigenvalue weighted by Crippen LogP contribution is -2.26. The Labute approximate surface area is 103 Å². The molecule has 3 nitrogen and oxygen atoms in total. The Morgan fingerprint density at radius 1 is 1.56 bits per heavy atom. The summed E-state index contributed by atoms with van der Waals surface area (Å²) in [6.07, 6.45) is 1.09. The molecule has 0 spiro atoms. The van der Waals surface area contributed by atoms with E-state index in [1.165, 1.54) is 0 Å². The van der Waals surface area contributed by atoms with Crippen LogP contribution in [0.1, 0.15) is 23.7 Å². The molecule has 2 unspecified atom stereocenters. The molecule has 4 heteroatoms. The molecule has 2 rings (SSSR count). The summed E-state index contributed by atoms with van der Waals surface area (Å²) >= 11 is 3.36. The molecule has 1 aromatic carbocycles. The average Bonchev–Trinajstić information content (AvgIpc) is 2.94. The molecule has 1 saturated carbocycles. The average molecular weight is 284 g/mol. The second-order valence-corrected chi connectivity index (χ2v) is 5.00. The molecule has 0 saturated heterocycles. The van der Waals surface area contributed by atoms with E-state index < -0.39 is 0 Å². The quantitative estimate of drug-likeness (QED) is 0.926. The van der Waals surface area contributed by atoms with Gasteiger partial charge >= 0.3 is 0 Å². The molecule has 2 atom stereocenters. The fourth-order valence-electron chi connectivity index (χ4n) is 1.58. The van der Waals surface area contributed by atoms with Crippen LogP contribution in [0.3, 0.4) is 0 Å². The predicted octanol–water partition coefficient (Wildman–Crippen LogP) is 2.60. The molecule has 1 fully saturated rings. The number of carbonyl (C=O) groups is 1. The van der Waals surface area contributed by atoms with Gasteiger partial charge in [0, 0.05) is 11.6 Å². The molecule has 0 aliphatic heterocycles. The number of ether oxygens (including phenoxy) is 1. The Morgan fingerprint density at radius 2 is 2.25 bits per heavy atom. The fourth-order valence-corrected chi connectivity index (χ4v) is 2.12. The van der Waals surface area contributed by atoms with Crippen LogP contribution in [-0.4, -0.2) is 19.1 Å². The zero-order valence-corrected chi connectivity index (χ0v) is 10.9. The number of benzene rings is 1. The summed E-state index contributed by atoms with van der Waals surface area (Å²) in [4.78, 5) is 11.8. The van der Waals surface area contributed by atoms with Gasteiger partial charge in [-0.15, -0.1) is 0 Å². The first kappa shape index (κ1) is 11.5. The summed E-state index contributed by atoms with van der Waals surface area (Å²) in [5.74, 6) is 1.33. The fraction of sp³-hybridized carbons (Fsp3) is 0.417. The lowest BCUT2D eigenvalue weighted by Gasteiger charge is -2.07.